The summed E-state index contributed by atoms with van der Waals surface area (Å²) in [5, 5.41) is 0. The van der Waals surface area contributed by atoms with Crippen LogP contribution in [0.1, 0.15) is 17.4 Å². The molecule has 1 atom stereocenters. The molecule has 0 saturated heterocycles. The van der Waals surface area contributed by atoms with E-state index in [1.807, 2.05) is 0 Å². The normalized spacial score (nSPS) is 18.8. The summed E-state index contributed by atoms with van der Waals surface area (Å²) in [6.07, 6.45) is 0.552. The van der Waals surface area contributed by atoms with Crippen LogP contribution in [0.25, 0.3) is 5.57 Å². The van der Waals surface area contributed by atoms with Crippen molar-refractivity contribution in [3.63, 3.8) is 0 Å². The van der Waals surface area contributed by atoms with E-state index in [1.54, 1.807) is 18.2 Å². The number of carbonyl (C=O) groups is 1. The van der Waals surface area contributed by atoms with E-state index in [0.717, 1.165) is 0 Å². The molecule has 0 fully saturated rings. The molecule has 1 aromatic heterocycles. The van der Waals surface area contributed by atoms with E-state index in [9.17, 15) is 9.18 Å². The highest BCUT2D eigenvalue weighted by Gasteiger charge is 2.37. The van der Waals surface area contributed by atoms with Gasteiger partial charge in [0, 0.05) is 0 Å². The average Bonchev–Trinajstić information content (AvgIpc) is 2.97. The molecule has 1 aliphatic rings. The number of halogens is 1. The van der Waals surface area contributed by atoms with Crippen molar-refractivity contribution in [3.05, 3.63) is 65.7 Å². The number of Topliss-reactive ketones (excluding diaryl/α,β-unsaturated/α-hetero) is 1. The number of ketones is 1. The summed E-state index contributed by atoms with van der Waals surface area (Å²) < 4.78 is 23.7. The van der Waals surface area contributed by atoms with Crippen molar-refractivity contribution in [2.45, 2.75) is 6.10 Å². The summed E-state index contributed by atoms with van der Waals surface area (Å²) in [4.78, 5) is 12.3. The minimum Gasteiger partial charge on any atom is -0.465 e. The molecule has 1 aromatic carbocycles. The van der Waals surface area contributed by atoms with Crippen LogP contribution in [0.2, 0.25) is 0 Å². The van der Waals surface area contributed by atoms with Crippen molar-refractivity contribution < 1.29 is 18.3 Å². The third-order valence-electron chi connectivity index (χ3n) is 2.89. The molecule has 0 aliphatic carbocycles. The molecule has 4 nitrogen and oxygen atoms in total. The third kappa shape index (κ3) is 1.89. The molecule has 2 heterocycles. The Balaban J connectivity index is 1.99. The summed E-state index contributed by atoms with van der Waals surface area (Å²) in [5.74, 6) is -0.415. The second-order valence-corrected chi connectivity index (χ2v) is 4.13. The molecule has 96 valence electrons. The van der Waals surface area contributed by atoms with Gasteiger partial charge in [0.2, 0.25) is 11.9 Å². The predicted octanol–water partition coefficient (Wildman–Crippen LogP) is 2.39. The molecule has 0 radical (unpaired) electrons. The molecule has 1 unspecified atom stereocenters. The van der Waals surface area contributed by atoms with Gasteiger partial charge in [0.05, 0.1) is 11.8 Å². The first-order valence-electron chi connectivity index (χ1n) is 5.67. The Hall–Kier alpha value is -2.56. The Morgan fingerprint density at radius 2 is 2.05 bits per heavy atom. The first-order chi connectivity index (χ1) is 9.16. The summed E-state index contributed by atoms with van der Waals surface area (Å²) in [7, 11) is 0. The zero-order valence-electron chi connectivity index (χ0n) is 9.80. The van der Waals surface area contributed by atoms with Gasteiger partial charge < -0.3 is 14.9 Å². The lowest BCUT2D eigenvalue weighted by molar-refractivity contribution is -0.120. The zero-order chi connectivity index (χ0) is 13.4. The highest BCUT2D eigenvalue weighted by molar-refractivity contribution is 6.24. The molecular formula is C14H10FNO3. The van der Waals surface area contributed by atoms with Crippen LogP contribution in [0, 0.1) is 5.82 Å². The summed E-state index contributed by atoms with van der Waals surface area (Å²) in [6, 6.07) is 8.95. The zero-order valence-corrected chi connectivity index (χ0v) is 9.80. The van der Waals surface area contributed by atoms with Crippen LogP contribution in [-0.2, 0) is 9.53 Å². The number of rotatable bonds is 2. The SMILES string of the molecule is NC1=C(c2cccc(F)c2)C(=O)C(c2ccco2)O1. The number of hydrogen-bond acceptors (Lipinski definition) is 4. The Labute approximate surface area is 108 Å². The second-order valence-electron chi connectivity index (χ2n) is 4.13. The number of hydrogen-bond donors (Lipinski definition) is 1. The molecular weight excluding hydrogens is 249 g/mol. The Kier molecular flexibility index (Phi) is 2.59. The molecule has 1 aliphatic heterocycles. The summed E-state index contributed by atoms with van der Waals surface area (Å²) >= 11 is 0. The first kappa shape index (κ1) is 11.5. The largest absolute Gasteiger partial charge is 0.465 e. The molecule has 0 amide bonds. The fraction of sp³-hybridized carbons (Fsp3) is 0.0714. The lowest BCUT2D eigenvalue weighted by Gasteiger charge is -2.05. The minimum atomic E-state index is -0.895. The van der Waals surface area contributed by atoms with E-state index in [1.165, 1.54) is 24.5 Å². The molecule has 0 spiro atoms. The number of ether oxygens (including phenoxy) is 1. The van der Waals surface area contributed by atoms with E-state index < -0.39 is 11.9 Å². The fourth-order valence-corrected chi connectivity index (χ4v) is 2.05. The van der Waals surface area contributed by atoms with Gasteiger partial charge in [-0.3, -0.25) is 4.79 Å². The van der Waals surface area contributed by atoms with Crippen LogP contribution in [0.3, 0.4) is 0 Å². The maximum atomic E-state index is 13.2. The van der Waals surface area contributed by atoms with Crippen molar-refractivity contribution >= 4 is 11.4 Å². The van der Waals surface area contributed by atoms with E-state index >= 15 is 0 Å². The summed E-state index contributed by atoms with van der Waals surface area (Å²) in [6.45, 7) is 0. The van der Waals surface area contributed by atoms with Gasteiger partial charge in [-0.1, -0.05) is 12.1 Å². The lowest BCUT2D eigenvalue weighted by Crippen LogP contribution is -2.08. The Morgan fingerprint density at radius 3 is 2.74 bits per heavy atom. The topological polar surface area (TPSA) is 65.5 Å². The molecule has 3 rings (SSSR count). The molecule has 19 heavy (non-hydrogen) atoms. The van der Waals surface area contributed by atoms with Crippen LogP contribution in [-0.4, -0.2) is 5.78 Å². The van der Waals surface area contributed by atoms with Gasteiger partial charge >= 0.3 is 0 Å². The van der Waals surface area contributed by atoms with Crippen molar-refractivity contribution in [2.24, 2.45) is 5.73 Å². The van der Waals surface area contributed by atoms with E-state index in [2.05, 4.69) is 0 Å². The highest BCUT2D eigenvalue weighted by Crippen LogP contribution is 2.36. The number of carbonyl (C=O) groups excluding carboxylic acids is 1. The maximum Gasteiger partial charge on any atom is 0.220 e. The standard InChI is InChI=1S/C14H10FNO3/c15-9-4-1-3-8(7-9)11-12(17)13(19-14(11)16)10-5-2-6-18-10/h1-7,13H,16H2. The van der Waals surface area contributed by atoms with E-state index in [0.29, 0.717) is 11.3 Å². The average molecular weight is 259 g/mol. The summed E-state index contributed by atoms with van der Waals surface area (Å²) in [5.41, 5.74) is 6.30. The van der Waals surface area contributed by atoms with Gasteiger partial charge in [-0.15, -0.1) is 0 Å². The predicted molar refractivity (Wildman–Crippen MR) is 65.0 cm³/mol. The fourth-order valence-electron chi connectivity index (χ4n) is 2.05. The molecule has 2 N–H and O–H groups in total. The van der Waals surface area contributed by atoms with Crippen LogP contribution in [0.5, 0.6) is 0 Å². The van der Waals surface area contributed by atoms with Crippen LogP contribution in [0.15, 0.2) is 53.0 Å². The van der Waals surface area contributed by atoms with Gasteiger partial charge in [0.15, 0.2) is 11.6 Å². The van der Waals surface area contributed by atoms with Crippen molar-refractivity contribution in [1.82, 2.24) is 0 Å². The van der Waals surface area contributed by atoms with Crippen molar-refractivity contribution in [2.75, 3.05) is 0 Å². The molecule has 0 bridgehead atoms. The monoisotopic (exact) mass is 259 g/mol. The van der Waals surface area contributed by atoms with Crippen molar-refractivity contribution in [3.8, 4) is 0 Å². The maximum absolute atomic E-state index is 13.2. The molecule has 5 heteroatoms. The van der Waals surface area contributed by atoms with Crippen molar-refractivity contribution in [1.29, 1.82) is 0 Å². The third-order valence-corrected chi connectivity index (χ3v) is 2.89. The quantitative estimate of drug-likeness (QED) is 0.899. The van der Waals surface area contributed by atoms with Crippen LogP contribution >= 0.6 is 0 Å². The van der Waals surface area contributed by atoms with Crippen LogP contribution in [0.4, 0.5) is 4.39 Å². The minimum absolute atomic E-state index is 0.0167. The van der Waals surface area contributed by atoms with E-state index in [4.69, 9.17) is 14.9 Å². The number of benzene rings is 1. The van der Waals surface area contributed by atoms with Crippen LogP contribution < -0.4 is 5.73 Å². The van der Waals surface area contributed by atoms with Gasteiger partial charge in [-0.25, -0.2) is 4.39 Å². The number of nitrogens with two attached hydrogens (primary N) is 1. The second kappa shape index (κ2) is 4.28. The van der Waals surface area contributed by atoms with Gasteiger partial charge in [0.25, 0.3) is 0 Å². The Bertz CT molecular complexity index is 661. The van der Waals surface area contributed by atoms with Gasteiger partial charge in [0.1, 0.15) is 5.82 Å². The number of furan rings is 1. The molecule has 2 aromatic rings. The smallest absolute Gasteiger partial charge is 0.220 e. The first-order valence-corrected chi connectivity index (χ1v) is 5.67. The van der Waals surface area contributed by atoms with Gasteiger partial charge in [-0.2, -0.15) is 0 Å². The Morgan fingerprint density at radius 1 is 1.21 bits per heavy atom. The lowest BCUT2D eigenvalue weighted by atomic mass is 10.00. The van der Waals surface area contributed by atoms with Gasteiger partial charge in [-0.05, 0) is 29.8 Å². The van der Waals surface area contributed by atoms with E-state index in [-0.39, 0.29) is 17.2 Å². The highest BCUT2D eigenvalue weighted by atomic mass is 19.1. The molecule has 0 saturated carbocycles.